The van der Waals surface area contributed by atoms with Crippen LogP contribution in [-0.4, -0.2) is 30.0 Å². The Morgan fingerprint density at radius 1 is 1.22 bits per heavy atom. The molecule has 0 aliphatic rings. The minimum atomic E-state index is -3.84. The molecule has 164 valence electrons. The molecule has 3 rings (SSSR count). The van der Waals surface area contributed by atoms with Gasteiger partial charge in [0.25, 0.3) is 5.56 Å². The third-order valence-electron chi connectivity index (χ3n) is 4.02. The first kappa shape index (κ1) is 23.8. The summed E-state index contributed by atoms with van der Waals surface area (Å²) in [6, 6.07) is 11.8. The number of halogens is 2. The molecule has 0 atom stereocenters. The van der Waals surface area contributed by atoms with Crippen LogP contribution in [0.2, 0.25) is 10.0 Å². The molecule has 2 aromatic carbocycles. The summed E-state index contributed by atoms with van der Waals surface area (Å²) >= 11 is 13.2. The number of aromatic amines is 1. The van der Waals surface area contributed by atoms with Crippen molar-refractivity contribution in [3.05, 3.63) is 68.4 Å². The van der Waals surface area contributed by atoms with Crippen LogP contribution >= 0.6 is 35.0 Å². The van der Waals surface area contributed by atoms with Gasteiger partial charge in [0.2, 0.25) is 15.9 Å². The number of carbonyl (C=O) groups is 1. The lowest BCUT2D eigenvalue weighted by molar-refractivity contribution is -0.113. The van der Waals surface area contributed by atoms with Gasteiger partial charge >= 0.3 is 0 Å². The second-order valence-corrected chi connectivity index (χ2v) is 9.52. The second-order valence-electron chi connectivity index (χ2n) is 6.21. The van der Waals surface area contributed by atoms with Crippen LogP contribution in [0.4, 0.5) is 5.69 Å². The van der Waals surface area contributed by atoms with Gasteiger partial charge in [0.15, 0.2) is 5.16 Å². The van der Waals surface area contributed by atoms with Crippen molar-refractivity contribution in [2.24, 2.45) is 5.14 Å². The number of thioether (sulfide) groups is 1. The van der Waals surface area contributed by atoms with Crippen LogP contribution in [0.1, 0.15) is 5.56 Å². The number of primary sulfonamides is 1. The number of aromatic nitrogens is 2. The van der Waals surface area contributed by atoms with Gasteiger partial charge in [-0.1, -0.05) is 47.1 Å². The van der Waals surface area contributed by atoms with Gasteiger partial charge in [-0.3, -0.25) is 9.59 Å². The van der Waals surface area contributed by atoms with Gasteiger partial charge in [0.1, 0.15) is 11.6 Å². The average Bonchev–Trinajstić information content (AvgIpc) is 2.73. The van der Waals surface area contributed by atoms with Crippen molar-refractivity contribution in [1.29, 1.82) is 5.26 Å². The van der Waals surface area contributed by atoms with E-state index in [4.69, 9.17) is 28.3 Å². The molecule has 13 heteroatoms. The lowest BCUT2D eigenvalue weighted by Crippen LogP contribution is -2.17. The molecule has 0 fully saturated rings. The van der Waals surface area contributed by atoms with E-state index >= 15 is 0 Å². The first-order valence-corrected chi connectivity index (χ1v) is 11.9. The van der Waals surface area contributed by atoms with E-state index in [1.807, 2.05) is 0 Å². The summed E-state index contributed by atoms with van der Waals surface area (Å²) in [5.74, 6) is -0.568. The zero-order valence-electron chi connectivity index (χ0n) is 15.9. The number of hydrogen-bond donors (Lipinski definition) is 3. The van der Waals surface area contributed by atoms with Crippen molar-refractivity contribution in [3.63, 3.8) is 0 Å². The number of nitriles is 1. The number of sulfonamides is 1. The first-order valence-electron chi connectivity index (χ1n) is 8.64. The van der Waals surface area contributed by atoms with E-state index in [1.54, 1.807) is 24.3 Å². The fraction of sp³-hybridized carbons (Fsp3) is 0.0526. The summed E-state index contributed by atoms with van der Waals surface area (Å²) in [5.41, 5.74) is -0.211. The maximum Gasteiger partial charge on any atom is 0.270 e. The van der Waals surface area contributed by atoms with Crippen molar-refractivity contribution in [2.75, 3.05) is 11.1 Å². The van der Waals surface area contributed by atoms with E-state index in [2.05, 4.69) is 15.3 Å². The molecule has 0 saturated heterocycles. The molecule has 0 bridgehead atoms. The molecule has 0 aliphatic carbocycles. The minimum absolute atomic E-state index is 0.0465. The van der Waals surface area contributed by atoms with Crippen molar-refractivity contribution < 1.29 is 13.2 Å². The predicted octanol–water partition coefficient (Wildman–Crippen LogP) is 2.99. The monoisotopic (exact) mass is 509 g/mol. The summed E-state index contributed by atoms with van der Waals surface area (Å²) in [4.78, 5) is 31.2. The van der Waals surface area contributed by atoms with Gasteiger partial charge in [-0.15, -0.1) is 0 Å². The van der Waals surface area contributed by atoms with Gasteiger partial charge in [0.05, 0.1) is 26.4 Å². The molecule has 0 saturated carbocycles. The molecule has 32 heavy (non-hydrogen) atoms. The molecule has 0 radical (unpaired) electrons. The topological polar surface area (TPSA) is 159 Å². The summed E-state index contributed by atoms with van der Waals surface area (Å²) in [7, 11) is -3.84. The lowest BCUT2D eigenvalue weighted by atomic mass is 10.1. The molecule has 1 heterocycles. The second kappa shape index (κ2) is 9.72. The third-order valence-corrected chi connectivity index (χ3v) is 6.64. The quantitative estimate of drug-likeness (QED) is 0.340. The molecular formula is C19H13Cl2N5O4S2. The Hall–Kier alpha value is -2.88. The Labute approximate surface area is 196 Å². The normalized spacial score (nSPS) is 11.1. The molecule has 9 nitrogen and oxygen atoms in total. The van der Waals surface area contributed by atoms with E-state index < -0.39 is 21.5 Å². The van der Waals surface area contributed by atoms with Gasteiger partial charge in [-0.05, 0) is 30.3 Å². The van der Waals surface area contributed by atoms with Crippen LogP contribution in [0.15, 0.2) is 57.3 Å². The van der Waals surface area contributed by atoms with Crippen LogP contribution < -0.4 is 16.0 Å². The Morgan fingerprint density at radius 2 is 1.91 bits per heavy atom. The number of H-pyrrole nitrogens is 1. The van der Waals surface area contributed by atoms with Gasteiger partial charge in [-0.2, -0.15) is 5.26 Å². The molecular weight excluding hydrogens is 497 g/mol. The standard InChI is InChI=1S/C19H13Cl2N5O4S2/c20-14-3-1-2-12(16(14)21)17-13(8-22)18(28)26-19(25-17)31-9-15(27)24-10-4-6-11(7-5-10)32(23,29)30/h1-7H,9H2,(H,24,27)(H2,23,29,30)(H,25,26,28). The number of carbonyl (C=O) groups excluding carboxylic acids is 1. The number of rotatable bonds is 6. The van der Waals surface area contributed by atoms with E-state index in [1.165, 1.54) is 24.3 Å². The summed E-state index contributed by atoms with van der Waals surface area (Å²) in [6.45, 7) is 0. The summed E-state index contributed by atoms with van der Waals surface area (Å²) in [6.07, 6.45) is 0. The highest BCUT2D eigenvalue weighted by atomic mass is 35.5. The Kier molecular flexibility index (Phi) is 7.22. The van der Waals surface area contributed by atoms with Crippen LogP contribution in [0.5, 0.6) is 0 Å². The Bertz CT molecular complexity index is 1400. The van der Waals surface area contributed by atoms with Crippen LogP contribution in [-0.2, 0) is 14.8 Å². The first-order chi connectivity index (χ1) is 15.1. The van der Waals surface area contributed by atoms with Crippen LogP contribution in [0, 0.1) is 11.3 Å². The maximum atomic E-state index is 12.3. The molecule has 1 aromatic heterocycles. The number of hydrogen-bond acceptors (Lipinski definition) is 7. The van der Waals surface area contributed by atoms with Crippen LogP contribution in [0.3, 0.4) is 0 Å². The SMILES string of the molecule is N#Cc1c(-c2cccc(Cl)c2Cl)nc(SCC(=O)Nc2ccc(S(N)(=O)=O)cc2)[nH]c1=O. The lowest BCUT2D eigenvalue weighted by Gasteiger charge is -2.09. The molecule has 0 unspecified atom stereocenters. The Morgan fingerprint density at radius 3 is 2.53 bits per heavy atom. The molecule has 4 N–H and O–H groups in total. The van der Waals surface area contributed by atoms with E-state index in [9.17, 15) is 23.3 Å². The Balaban J connectivity index is 1.79. The highest BCUT2D eigenvalue weighted by molar-refractivity contribution is 7.99. The van der Waals surface area contributed by atoms with Crippen molar-refractivity contribution in [1.82, 2.24) is 9.97 Å². The minimum Gasteiger partial charge on any atom is -0.325 e. The van der Waals surface area contributed by atoms with Crippen molar-refractivity contribution >= 4 is 56.6 Å². The number of amides is 1. The number of benzene rings is 2. The van der Waals surface area contributed by atoms with Crippen molar-refractivity contribution in [2.45, 2.75) is 10.1 Å². The number of nitrogens with one attached hydrogen (secondary N) is 2. The van der Waals surface area contributed by atoms with Gasteiger partial charge < -0.3 is 10.3 Å². The van der Waals surface area contributed by atoms with E-state index in [0.29, 0.717) is 11.3 Å². The zero-order chi connectivity index (χ0) is 23.5. The zero-order valence-corrected chi connectivity index (χ0v) is 19.1. The van der Waals surface area contributed by atoms with Gasteiger partial charge in [0, 0.05) is 11.3 Å². The summed E-state index contributed by atoms with van der Waals surface area (Å²) < 4.78 is 22.6. The molecule has 3 aromatic rings. The van der Waals surface area contributed by atoms with E-state index in [-0.39, 0.29) is 37.1 Å². The number of nitrogens with zero attached hydrogens (tertiary/aromatic N) is 2. The molecule has 0 spiro atoms. The smallest absolute Gasteiger partial charge is 0.270 e. The number of anilines is 1. The fourth-order valence-electron chi connectivity index (χ4n) is 2.57. The fourth-order valence-corrected chi connectivity index (χ4v) is 4.13. The molecule has 1 amide bonds. The largest absolute Gasteiger partial charge is 0.325 e. The highest BCUT2D eigenvalue weighted by Gasteiger charge is 2.18. The average molecular weight is 510 g/mol. The van der Waals surface area contributed by atoms with Gasteiger partial charge in [-0.25, -0.2) is 18.5 Å². The molecule has 0 aliphatic heterocycles. The van der Waals surface area contributed by atoms with Crippen molar-refractivity contribution in [3.8, 4) is 17.3 Å². The number of nitrogens with two attached hydrogens (primary N) is 1. The predicted molar refractivity (Wildman–Crippen MR) is 122 cm³/mol. The van der Waals surface area contributed by atoms with E-state index in [0.717, 1.165) is 11.8 Å². The maximum absolute atomic E-state index is 12.3. The third kappa shape index (κ3) is 5.48. The highest BCUT2D eigenvalue weighted by Crippen LogP contribution is 2.33. The van der Waals surface area contributed by atoms with Crippen LogP contribution in [0.25, 0.3) is 11.3 Å². The summed E-state index contributed by atoms with van der Waals surface area (Å²) in [5, 5.41) is 17.5.